The molecule has 0 bridgehead atoms. The van der Waals surface area contributed by atoms with E-state index in [1.54, 1.807) is 30.5 Å². The lowest BCUT2D eigenvalue weighted by atomic mass is 10.2. The zero-order valence-corrected chi connectivity index (χ0v) is 19.3. The van der Waals surface area contributed by atoms with E-state index in [4.69, 9.17) is 26.2 Å². The van der Waals surface area contributed by atoms with Gasteiger partial charge in [-0.1, -0.05) is 23.7 Å². The number of benzene rings is 1. The summed E-state index contributed by atoms with van der Waals surface area (Å²) in [6.07, 6.45) is 3.21. The molecular formula is C23H20ClN7O4. The van der Waals surface area contributed by atoms with Gasteiger partial charge in [0.15, 0.2) is 5.65 Å². The van der Waals surface area contributed by atoms with Gasteiger partial charge in [0.05, 0.1) is 36.6 Å². The largest absolute Gasteiger partial charge is 0.461 e. The van der Waals surface area contributed by atoms with E-state index in [0.717, 1.165) is 5.56 Å². The predicted octanol–water partition coefficient (Wildman–Crippen LogP) is 2.44. The summed E-state index contributed by atoms with van der Waals surface area (Å²) in [7, 11) is 0. The zero-order valence-electron chi connectivity index (χ0n) is 18.6. The number of ether oxygens (including phenoxy) is 2. The number of pyridine rings is 1. The number of fused-ring (bicyclic) bond motifs is 1. The average Bonchev–Trinajstić information content (AvgIpc) is 3.29. The first-order valence-electron chi connectivity index (χ1n) is 10.5. The van der Waals surface area contributed by atoms with E-state index in [0.29, 0.717) is 33.1 Å². The average molecular weight is 494 g/mol. The lowest BCUT2D eigenvalue weighted by molar-refractivity contribution is -0.125. The number of aliphatic hydroxyl groups is 1. The second-order valence-corrected chi connectivity index (χ2v) is 7.74. The number of aromatic nitrogens is 5. The molecule has 0 aliphatic carbocycles. The highest BCUT2D eigenvalue weighted by atomic mass is 35.5. The Morgan fingerprint density at radius 3 is 2.86 bits per heavy atom. The van der Waals surface area contributed by atoms with Gasteiger partial charge in [0.2, 0.25) is 12.0 Å². The minimum Gasteiger partial charge on any atom is -0.461 e. The minimum absolute atomic E-state index is 0.0243. The molecule has 35 heavy (non-hydrogen) atoms. The Bertz CT molecular complexity index is 1390. The van der Waals surface area contributed by atoms with Crippen LogP contribution in [-0.2, 0) is 9.53 Å². The van der Waals surface area contributed by atoms with E-state index in [1.807, 2.05) is 13.0 Å². The quantitative estimate of drug-likeness (QED) is 0.335. The van der Waals surface area contributed by atoms with Gasteiger partial charge in [-0.3, -0.25) is 4.79 Å². The molecule has 4 rings (SSSR count). The maximum atomic E-state index is 13.0. The zero-order chi connectivity index (χ0) is 24.8. The molecule has 0 saturated heterocycles. The molecule has 1 atom stereocenters. The third-order valence-electron chi connectivity index (χ3n) is 4.86. The van der Waals surface area contributed by atoms with Gasteiger partial charge >= 0.3 is 0 Å². The number of aliphatic hydroxyl groups excluding tert-OH is 1. The van der Waals surface area contributed by atoms with E-state index in [1.165, 1.54) is 17.2 Å². The Hall–Kier alpha value is -4.11. The molecule has 12 heteroatoms. The van der Waals surface area contributed by atoms with Crippen LogP contribution in [0.3, 0.4) is 0 Å². The van der Waals surface area contributed by atoms with E-state index >= 15 is 0 Å². The van der Waals surface area contributed by atoms with Crippen molar-refractivity contribution < 1.29 is 19.4 Å². The van der Waals surface area contributed by atoms with Crippen LogP contribution in [0.5, 0.6) is 5.88 Å². The number of halogens is 1. The topological polar surface area (TPSA) is 148 Å². The van der Waals surface area contributed by atoms with Crippen LogP contribution in [-0.4, -0.2) is 61.7 Å². The number of aryl methyl sites for hydroxylation is 1. The fraction of sp³-hybridized carbons (Fsp3) is 0.217. The number of carbonyl (C=O) groups excluding carboxylic acids is 1. The van der Waals surface area contributed by atoms with Gasteiger partial charge in [-0.25, -0.2) is 19.6 Å². The van der Waals surface area contributed by atoms with Crippen molar-refractivity contribution in [1.29, 1.82) is 5.26 Å². The number of nitrogens with one attached hydrogen (secondary N) is 1. The first kappa shape index (κ1) is 24.0. The van der Waals surface area contributed by atoms with Crippen LogP contribution in [0.15, 0.2) is 49.1 Å². The number of hydrogen-bond acceptors (Lipinski definition) is 9. The lowest BCUT2D eigenvalue weighted by Gasteiger charge is -2.18. The molecular weight excluding hydrogens is 474 g/mol. The van der Waals surface area contributed by atoms with Gasteiger partial charge in [-0.2, -0.15) is 10.4 Å². The molecule has 0 saturated carbocycles. The fourth-order valence-corrected chi connectivity index (χ4v) is 3.46. The number of hydrogen-bond donors (Lipinski definition) is 2. The maximum absolute atomic E-state index is 13.0. The molecule has 0 radical (unpaired) electrons. The number of amides is 1. The van der Waals surface area contributed by atoms with Crippen molar-refractivity contribution in [3.05, 3.63) is 65.2 Å². The predicted molar refractivity (Wildman–Crippen MR) is 126 cm³/mol. The third kappa shape index (κ3) is 5.36. The Labute approximate surface area is 204 Å². The normalized spacial score (nSPS) is 11.7. The van der Waals surface area contributed by atoms with Gasteiger partial charge in [-0.05, 0) is 30.7 Å². The summed E-state index contributed by atoms with van der Waals surface area (Å²) in [5.74, 6) is -0.0903. The third-order valence-corrected chi connectivity index (χ3v) is 5.17. The monoisotopic (exact) mass is 493 g/mol. The fourth-order valence-electron chi connectivity index (χ4n) is 3.20. The van der Waals surface area contributed by atoms with Crippen molar-refractivity contribution in [3.63, 3.8) is 0 Å². The van der Waals surface area contributed by atoms with Crippen molar-refractivity contribution in [1.82, 2.24) is 24.7 Å². The summed E-state index contributed by atoms with van der Waals surface area (Å²) < 4.78 is 12.7. The Balaban J connectivity index is 1.65. The van der Waals surface area contributed by atoms with Gasteiger partial charge in [0.25, 0.3) is 5.91 Å². The van der Waals surface area contributed by atoms with Crippen LogP contribution in [0.1, 0.15) is 11.1 Å². The Morgan fingerprint density at radius 2 is 2.11 bits per heavy atom. The van der Waals surface area contributed by atoms with Crippen molar-refractivity contribution in [2.75, 3.05) is 25.1 Å². The highest BCUT2D eigenvalue weighted by molar-refractivity contribution is 6.32. The highest BCUT2D eigenvalue weighted by Crippen LogP contribution is 2.29. The van der Waals surface area contributed by atoms with E-state index in [2.05, 4.69) is 31.4 Å². The highest BCUT2D eigenvalue weighted by Gasteiger charge is 2.25. The standard InChI is InChI=1S/C23H20ClN7O4/c1-14-5-6-19(26-10-14)30-22(33)18(12-34-8-7-32)35-23-16-11-29-31(21(16)27-13-28-23)20-15(9-25)3-2-4-17(20)24/h2-6,10-11,13,18,32H,7-8,12H2,1H3,(H,26,30,33). The van der Waals surface area contributed by atoms with Gasteiger partial charge in [0, 0.05) is 6.20 Å². The number of carbonyl (C=O) groups is 1. The second kappa shape index (κ2) is 10.9. The maximum Gasteiger partial charge on any atom is 0.269 e. The number of rotatable bonds is 9. The molecule has 178 valence electrons. The summed E-state index contributed by atoms with van der Waals surface area (Å²) in [4.78, 5) is 25.5. The molecule has 2 N–H and O–H groups in total. The van der Waals surface area contributed by atoms with Crippen molar-refractivity contribution >= 4 is 34.4 Å². The molecule has 1 aromatic carbocycles. The molecule has 3 heterocycles. The van der Waals surface area contributed by atoms with E-state index in [-0.39, 0.29) is 25.7 Å². The van der Waals surface area contributed by atoms with E-state index < -0.39 is 12.0 Å². The lowest BCUT2D eigenvalue weighted by Crippen LogP contribution is -2.37. The van der Waals surface area contributed by atoms with Crippen LogP contribution in [0.25, 0.3) is 16.7 Å². The van der Waals surface area contributed by atoms with Gasteiger partial charge in [0.1, 0.15) is 29.3 Å². The Kier molecular flexibility index (Phi) is 7.47. The Morgan fingerprint density at radius 1 is 1.26 bits per heavy atom. The van der Waals surface area contributed by atoms with Crippen LogP contribution in [0, 0.1) is 18.3 Å². The molecule has 4 aromatic rings. The second-order valence-electron chi connectivity index (χ2n) is 7.34. The summed E-state index contributed by atoms with van der Waals surface area (Å²) >= 11 is 6.34. The summed E-state index contributed by atoms with van der Waals surface area (Å²) in [5, 5.41) is 26.3. The number of nitriles is 1. The van der Waals surface area contributed by atoms with Crippen LogP contribution < -0.4 is 10.1 Å². The van der Waals surface area contributed by atoms with Crippen molar-refractivity contribution in [3.8, 4) is 17.6 Å². The SMILES string of the molecule is Cc1ccc(NC(=O)C(COCCO)Oc2ncnc3c2cnn3-c2c(Cl)cccc2C#N)nc1. The number of anilines is 1. The summed E-state index contributed by atoms with van der Waals surface area (Å²) in [6, 6.07) is 10.5. The molecule has 1 amide bonds. The number of para-hydroxylation sites is 1. The van der Waals surface area contributed by atoms with Crippen LogP contribution in [0.2, 0.25) is 5.02 Å². The molecule has 0 fully saturated rings. The van der Waals surface area contributed by atoms with Crippen molar-refractivity contribution in [2.45, 2.75) is 13.0 Å². The molecule has 11 nitrogen and oxygen atoms in total. The molecule has 0 aliphatic heterocycles. The number of nitrogens with zero attached hydrogens (tertiary/aromatic N) is 6. The van der Waals surface area contributed by atoms with Crippen molar-refractivity contribution in [2.24, 2.45) is 0 Å². The van der Waals surface area contributed by atoms with Gasteiger partial charge in [-0.15, -0.1) is 0 Å². The minimum atomic E-state index is -1.12. The van der Waals surface area contributed by atoms with Gasteiger partial charge < -0.3 is 19.9 Å². The smallest absolute Gasteiger partial charge is 0.269 e. The summed E-state index contributed by atoms with van der Waals surface area (Å²) in [6.45, 7) is 1.55. The van der Waals surface area contributed by atoms with E-state index in [9.17, 15) is 10.1 Å². The van der Waals surface area contributed by atoms with Crippen LogP contribution >= 0.6 is 11.6 Å². The molecule has 0 aliphatic rings. The first-order chi connectivity index (χ1) is 17.0. The van der Waals surface area contributed by atoms with Crippen LogP contribution in [0.4, 0.5) is 5.82 Å². The molecule has 3 aromatic heterocycles. The summed E-state index contributed by atoms with van der Waals surface area (Å²) in [5.41, 5.74) is 1.95. The molecule has 1 unspecified atom stereocenters. The molecule has 0 spiro atoms. The first-order valence-corrected chi connectivity index (χ1v) is 10.9.